The third-order valence-corrected chi connectivity index (χ3v) is 3.18. The van der Waals surface area contributed by atoms with Crippen molar-refractivity contribution in [1.29, 1.82) is 0 Å². The first-order valence-electron chi connectivity index (χ1n) is 6.25. The number of para-hydroxylation sites is 1. The zero-order chi connectivity index (χ0) is 14.7. The number of nitrogens with zero attached hydrogens (tertiary/aromatic N) is 1. The van der Waals surface area contributed by atoms with Crippen molar-refractivity contribution in [1.82, 2.24) is 4.90 Å². The number of carbonyl (C=O) groups is 2. The van der Waals surface area contributed by atoms with Crippen LogP contribution in [0.4, 0.5) is 5.69 Å². The van der Waals surface area contributed by atoms with Crippen molar-refractivity contribution in [3.8, 4) is 0 Å². The van der Waals surface area contributed by atoms with Gasteiger partial charge < -0.3 is 5.73 Å². The van der Waals surface area contributed by atoms with E-state index in [1.807, 2.05) is 19.1 Å². The van der Waals surface area contributed by atoms with Crippen LogP contribution in [0, 0.1) is 6.92 Å². The smallest absolute Gasteiger partial charge is 0.262 e. The highest BCUT2D eigenvalue weighted by molar-refractivity contribution is 6.12. The summed E-state index contributed by atoms with van der Waals surface area (Å²) in [6.07, 6.45) is 0. The van der Waals surface area contributed by atoms with Gasteiger partial charge in [0.05, 0.1) is 5.56 Å². The van der Waals surface area contributed by atoms with Crippen LogP contribution in [0.15, 0.2) is 48.5 Å². The number of amides is 2. The van der Waals surface area contributed by atoms with Crippen molar-refractivity contribution in [2.24, 2.45) is 0 Å². The standard InChI is InChI=1S/C16H16N2O2/c1-11-7-6-10-13(14(11)17)16(20)18(2)15(19)12-8-4-3-5-9-12/h3-10H,17H2,1-2H3. The number of hydrogen-bond donors (Lipinski definition) is 1. The fourth-order valence-electron chi connectivity index (χ4n) is 1.91. The van der Waals surface area contributed by atoms with Gasteiger partial charge in [-0.05, 0) is 30.7 Å². The predicted octanol–water partition coefficient (Wildman–Crippen LogP) is 2.49. The van der Waals surface area contributed by atoms with Crippen LogP contribution in [-0.4, -0.2) is 23.8 Å². The van der Waals surface area contributed by atoms with Crippen LogP contribution >= 0.6 is 0 Å². The highest BCUT2D eigenvalue weighted by Gasteiger charge is 2.21. The van der Waals surface area contributed by atoms with E-state index in [4.69, 9.17) is 5.73 Å². The molecule has 0 fully saturated rings. The largest absolute Gasteiger partial charge is 0.398 e. The SMILES string of the molecule is Cc1cccc(C(=O)N(C)C(=O)c2ccccc2)c1N. The van der Waals surface area contributed by atoms with Gasteiger partial charge in [0.25, 0.3) is 11.8 Å². The minimum Gasteiger partial charge on any atom is -0.398 e. The summed E-state index contributed by atoms with van der Waals surface area (Å²) in [5.41, 5.74) is 7.94. The normalized spacial score (nSPS) is 10.1. The molecule has 0 radical (unpaired) electrons. The average Bonchev–Trinajstić information content (AvgIpc) is 2.48. The molecule has 2 aromatic rings. The number of benzene rings is 2. The van der Waals surface area contributed by atoms with Crippen molar-refractivity contribution < 1.29 is 9.59 Å². The minimum atomic E-state index is -0.403. The lowest BCUT2D eigenvalue weighted by molar-refractivity contribution is 0.0656. The number of hydrogen-bond acceptors (Lipinski definition) is 3. The monoisotopic (exact) mass is 268 g/mol. The number of anilines is 1. The molecular formula is C16H16N2O2. The Kier molecular flexibility index (Phi) is 3.84. The van der Waals surface area contributed by atoms with Crippen LogP contribution < -0.4 is 5.73 Å². The summed E-state index contributed by atoms with van der Waals surface area (Å²) in [4.78, 5) is 25.7. The number of rotatable bonds is 2. The number of nitrogens with two attached hydrogens (primary N) is 1. The molecule has 0 aliphatic rings. The summed E-state index contributed by atoms with van der Waals surface area (Å²) in [5.74, 6) is -0.753. The number of imide groups is 1. The third kappa shape index (κ3) is 2.54. The van der Waals surface area contributed by atoms with E-state index in [-0.39, 0.29) is 5.91 Å². The Morgan fingerprint density at radius 1 is 0.950 bits per heavy atom. The Bertz CT molecular complexity index is 651. The van der Waals surface area contributed by atoms with Crippen molar-refractivity contribution in [2.75, 3.05) is 12.8 Å². The van der Waals surface area contributed by atoms with Crippen molar-refractivity contribution >= 4 is 17.5 Å². The molecule has 0 bridgehead atoms. The molecule has 4 heteroatoms. The van der Waals surface area contributed by atoms with E-state index >= 15 is 0 Å². The molecule has 4 nitrogen and oxygen atoms in total. The quantitative estimate of drug-likeness (QED) is 0.672. The molecule has 0 aliphatic heterocycles. The van der Waals surface area contributed by atoms with Gasteiger partial charge in [-0.15, -0.1) is 0 Å². The van der Waals surface area contributed by atoms with Crippen molar-refractivity contribution in [3.05, 3.63) is 65.2 Å². The van der Waals surface area contributed by atoms with Gasteiger partial charge in [-0.1, -0.05) is 30.3 Å². The van der Waals surface area contributed by atoms with E-state index in [1.165, 1.54) is 7.05 Å². The van der Waals surface area contributed by atoms with Crippen LogP contribution in [-0.2, 0) is 0 Å². The molecule has 0 saturated carbocycles. The predicted molar refractivity (Wildman–Crippen MR) is 78.5 cm³/mol. The second-order valence-corrected chi connectivity index (χ2v) is 4.57. The van der Waals surface area contributed by atoms with Crippen LogP contribution in [0.5, 0.6) is 0 Å². The molecule has 0 saturated heterocycles. The number of nitrogen functional groups attached to an aromatic ring is 1. The highest BCUT2D eigenvalue weighted by Crippen LogP contribution is 2.18. The molecule has 2 rings (SSSR count). The van der Waals surface area contributed by atoms with E-state index in [2.05, 4.69) is 0 Å². The van der Waals surface area contributed by atoms with E-state index in [1.54, 1.807) is 36.4 Å². The lowest BCUT2D eigenvalue weighted by Gasteiger charge is -2.17. The number of aryl methyl sites for hydroxylation is 1. The molecule has 0 heterocycles. The topological polar surface area (TPSA) is 63.4 Å². The van der Waals surface area contributed by atoms with Gasteiger partial charge in [0.1, 0.15) is 0 Å². The molecule has 0 unspecified atom stereocenters. The zero-order valence-electron chi connectivity index (χ0n) is 11.5. The van der Waals surface area contributed by atoms with Crippen LogP contribution in [0.25, 0.3) is 0 Å². The molecule has 2 aromatic carbocycles. The molecule has 0 aromatic heterocycles. The minimum absolute atomic E-state index is 0.344. The Hall–Kier alpha value is -2.62. The van der Waals surface area contributed by atoms with Gasteiger partial charge in [0, 0.05) is 18.3 Å². The molecule has 0 spiro atoms. The van der Waals surface area contributed by atoms with Crippen LogP contribution in [0.3, 0.4) is 0 Å². The summed E-state index contributed by atoms with van der Waals surface area (Å²) >= 11 is 0. The van der Waals surface area contributed by atoms with Crippen molar-refractivity contribution in [3.63, 3.8) is 0 Å². The maximum atomic E-state index is 12.4. The van der Waals surface area contributed by atoms with Crippen LogP contribution in [0.2, 0.25) is 0 Å². The van der Waals surface area contributed by atoms with E-state index in [0.29, 0.717) is 16.8 Å². The zero-order valence-corrected chi connectivity index (χ0v) is 11.5. The fourth-order valence-corrected chi connectivity index (χ4v) is 1.91. The van der Waals surface area contributed by atoms with Gasteiger partial charge >= 0.3 is 0 Å². The summed E-state index contributed by atoms with van der Waals surface area (Å²) in [6.45, 7) is 1.82. The van der Waals surface area contributed by atoms with E-state index < -0.39 is 5.91 Å². The molecule has 2 amide bonds. The third-order valence-electron chi connectivity index (χ3n) is 3.18. The average molecular weight is 268 g/mol. The van der Waals surface area contributed by atoms with Gasteiger partial charge in [-0.3, -0.25) is 14.5 Å². The second kappa shape index (κ2) is 5.57. The first-order chi connectivity index (χ1) is 9.52. The Morgan fingerprint density at radius 3 is 2.25 bits per heavy atom. The molecule has 102 valence electrons. The second-order valence-electron chi connectivity index (χ2n) is 4.57. The molecule has 2 N–H and O–H groups in total. The maximum absolute atomic E-state index is 12.4. The Balaban J connectivity index is 2.29. The lowest BCUT2D eigenvalue weighted by Crippen LogP contribution is -2.33. The van der Waals surface area contributed by atoms with Gasteiger partial charge in [0.2, 0.25) is 0 Å². The van der Waals surface area contributed by atoms with Crippen molar-refractivity contribution in [2.45, 2.75) is 6.92 Å². The first-order valence-corrected chi connectivity index (χ1v) is 6.25. The molecule has 0 atom stereocenters. The summed E-state index contributed by atoms with van der Waals surface area (Å²) in [5, 5.41) is 0. The summed E-state index contributed by atoms with van der Waals surface area (Å²) < 4.78 is 0. The van der Waals surface area contributed by atoms with Gasteiger partial charge in [-0.2, -0.15) is 0 Å². The molecule has 20 heavy (non-hydrogen) atoms. The van der Waals surface area contributed by atoms with E-state index in [9.17, 15) is 9.59 Å². The molecular weight excluding hydrogens is 252 g/mol. The van der Waals surface area contributed by atoms with E-state index in [0.717, 1.165) is 10.5 Å². The first kappa shape index (κ1) is 13.8. The van der Waals surface area contributed by atoms with Gasteiger partial charge in [0.15, 0.2) is 0 Å². The summed E-state index contributed by atoms with van der Waals surface area (Å²) in [6, 6.07) is 13.9. The van der Waals surface area contributed by atoms with Gasteiger partial charge in [-0.25, -0.2) is 0 Å². The highest BCUT2D eigenvalue weighted by atomic mass is 16.2. The number of carbonyl (C=O) groups excluding carboxylic acids is 2. The lowest BCUT2D eigenvalue weighted by atomic mass is 10.1. The fraction of sp³-hybridized carbons (Fsp3) is 0.125. The molecule has 0 aliphatic carbocycles. The van der Waals surface area contributed by atoms with Crippen LogP contribution in [0.1, 0.15) is 26.3 Å². The Morgan fingerprint density at radius 2 is 1.60 bits per heavy atom. The maximum Gasteiger partial charge on any atom is 0.262 e. The Labute approximate surface area is 117 Å². The summed E-state index contributed by atoms with van der Waals surface area (Å²) in [7, 11) is 1.46.